The second-order valence-electron chi connectivity index (χ2n) is 4.70. The van der Waals surface area contributed by atoms with Crippen LogP contribution >= 0.6 is 0 Å². The van der Waals surface area contributed by atoms with Gasteiger partial charge in [-0.15, -0.1) is 0 Å². The zero-order valence-electron chi connectivity index (χ0n) is 11.1. The van der Waals surface area contributed by atoms with Crippen LogP contribution in [0, 0.1) is 0 Å². The second kappa shape index (κ2) is 6.18. The minimum Gasteiger partial charge on any atom is -0.369 e. The van der Waals surface area contributed by atoms with E-state index in [1.54, 1.807) is 12.3 Å². The van der Waals surface area contributed by atoms with Crippen molar-refractivity contribution >= 4 is 21.6 Å². The summed E-state index contributed by atoms with van der Waals surface area (Å²) in [5, 5.41) is 5.90. The fraction of sp³-hybridized carbons (Fsp3) is 0.667. The molecule has 0 aromatic carbocycles. The minimum atomic E-state index is -2.90. The molecule has 0 bridgehead atoms. The van der Waals surface area contributed by atoms with Crippen molar-refractivity contribution in [3.05, 3.63) is 12.3 Å². The van der Waals surface area contributed by atoms with Crippen LogP contribution in [0.25, 0.3) is 0 Å². The third-order valence-corrected chi connectivity index (χ3v) is 5.44. The van der Waals surface area contributed by atoms with Crippen LogP contribution in [-0.2, 0) is 9.84 Å². The molecule has 0 saturated carbocycles. The molecule has 106 valence electrons. The Labute approximate surface area is 114 Å². The number of rotatable bonds is 6. The number of nitrogens with zero attached hydrogens (tertiary/aromatic N) is 2. The van der Waals surface area contributed by atoms with Gasteiger partial charge in [0.25, 0.3) is 0 Å². The predicted octanol–water partition coefficient (Wildman–Crippen LogP) is 1.29. The molecule has 19 heavy (non-hydrogen) atoms. The monoisotopic (exact) mass is 284 g/mol. The summed E-state index contributed by atoms with van der Waals surface area (Å²) < 4.78 is 23.4. The van der Waals surface area contributed by atoms with Crippen molar-refractivity contribution in [3.8, 4) is 0 Å². The van der Waals surface area contributed by atoms with Crippen LogP contribution in [0.5, 0.6) is 0 Å². The first-order chi connectivity index (χ1) is 9.12. The van der Waals surface area contributed by atoms with Crippen LogP contribution in [0.2, 0.25) is 0 Å². The van der Waals surface area contributed by atoms with E-state index in [0.29, 0.717) is 24.1 Å². The van der Waals surface area contributed by atoms with Crippen LogP contribution in [-0.4, -0.2) is 42.5 Å². The third kappa shape index (κ3) is 3.79. The largest absolute Gasteiger partial charge is 0.369 e. The Balaban J connectivity index is 1.92. The minimum absolute atomic E-state index is 0.283. The van der Waals surface area contributed by atoms with Gasteiger partial charge in [-0.3, -0.25) is 0 Å². The molecule has 2 rings (SSSR count). The third-order valence-electron chi connectivity index (χ3n) is 3.16. The Morgan fingerprint density at radius 3 is 2.95 bits per heavy atom. The van der Waals surface area contributed by atoms with Crippen molar-refractivity contribution in [2.45, 2.75) is 31.4 Å². The van der Waals surface area contributed by atoms with Gasteiger partial charge < -0.3 is 10.6 Å². The number of nitrogens with one attached hydrogen (secondary N) is 2. The molecule has 7 heteroatoms. The van der Waals surface area contributed by atoms with E-state index in [4.69, 9.17) is 0 Å². The fourth-order valence-corrected chi connectivity index (χ4v) is 3.85. The zero-order chi connectivity index (χ0) is 13.7. The van der Waals surface area contributed by atoms with Crippen molar-refractivity contribution in [1.82, 2.24) is 9.97 Å². The number of anilines is 2. The van der Waals surface area contributed by atoms with Crippen LogP contribution in [0.15, 0.2) is 12.3 Å². The first-order valence-electron chi connectivity index (χ1n) is 6.64. The van der Waals surface area contributed by atoms with E-state index in [1.165, 1.54) is 0 Å². The standard InChI is InChI=1S/C12H20N4O2S/c1-2-6-13-12-14-7-5-11(16-12)15-9-10-4-3-8-19(10,17)18/h5,7,10H,2-4,6,8-9H2,1H3,(H2,13,14,15,16). The van der Waals surface area contributed by atoms with E-state index < -0.39 is 9.84 Å². The Morgan fingerprint density at radius 1 is 1.42 bits per heavy atom. The second-order valence-corrected chi connectivity index (χ2v) is 7.11. The topological polar surface area (TPSA) is 84.0 Å². The molecule has 1 saturated heterocycles. The number of hydrogen-bond donors (Lipinski definition) is 2. The molecule has 1 unspecified atom stereocenters. The Morgan fingerprint density at radius 2 is 2.26 bits per heavy atom. The molecular weight excluding hydrogens is 264 g/mol. The van der Waals surface area contributed by atoms with Crippen LogP contribution in [0.3, 0.4) is 0 Å². The Bertz CT molecular complexity index is 518. The van der Waals surface area contributed by atoms with Gasteiger partial charge in [0.2, 0.25) is 5.95 Å². The van der Waals surface area contributed by atoms with Crippen molar-refractivity contribution in [1.29, 1.82) is 0 Å². The molecule has 1 aliphatic rings. The molecule has 0 aliphatic carbocycles. The van der Waals surface area contributed by atoms with Gasteiger partial charge in [0.05, 0.1) is 11.0 Å². The zero-order valence-corrected chi connectivity index (χ0v) is 11.9. The molecule has 1 aliphatic heterocycles. The lowest BCUT2D eigenvalue weighted by Gasteiger charge is -2.11. The lowest BCUT2D eigenvalue weighted by atomic mass is 10.2. The van der Waals surface area contributed by atoms with Gasteiger partial charge in [0, 0.05) is 19.3 Å². The summed E-state index contributed by atoms with van der Waals surface area (Å²) in [6.45, 7) is 3.31. The van der Waals surface area contributed by atoms with E-state index in [1.807, 2.05) is 0 Å². The predicted molar refractivity (Wildman–Crippen MR) is 76.1 cm³/mol. The first kappa shape index (κ1) is 14.0. The summed E-state index contributed by atoms with van der Waals surface area (Å²) in [5.74, 6) is 1.55. The number of aromatic nitrogens is 2. The summed E-state index contributed by atoms with van der Waals surface area (Å²) in [6, 6.07) is 1.75. The van der Waals surface area contributed by atoms with Gasteiger partial charge in [-0.05, 0) is 25.3 Å². The summed E-state index contributed by atoms with van der Waals surface area (Å²) >= 11 is 0. The Hall–Kier alpha value is -1.37. The molecule has 1 atom stereocenters. The van der Waals surface area contributed by atoms with Crippen molar-refractivity contribution in [3.63, 3.8) is 0 Å². The molecule has 0 radical (unpaired) electrons. The molecule has 2 N–H and O–H groups in total. The highest BCUT2D eigenvalue weighted by molar-refractivity contribution is 7.92. The summed E-state index contributed by atoms with van der Waals surface area (Å²) in [5.41, 5.74) is 0. The molecule has 1 fully saturated rings. The average molecular weight is 284 g/mol. The highest BCUT2D eigenvalue weighted by Crippen LogP contribution is 2.20. The highest BCUT2D eigenvalue weighted by Gasteiger charge is 2.30. The number of sulfone groups is 1. The van der Waals surface area contributed by atoms with Gasteiger partial charge in [0.1, 0.15) is 5.82 Å². The van der Waals surface area contributed by atoms with Crippen LogP contribution < -0.4 is 10.6 Å². The maximum Gasteiger partial charge on any atom is 0.224 e. The van der Waals surface area contributed by atoms with Gasteiger partial charge in [-0.25, -0.2) is 13.4 Å². The molecule has 1 aromatic rings. The fourth-order valence-electron chi connectivity index (χ4n) is 2.08. The van der Waals surface area contributed by atoms with Crippen molar-refractivity contribution in [2.24, 2.45) is 0 Å². The van der Waals surface area contributed by atoms with E-state index in [0.717, 1.165) is 25.8 Å². The lowest BCUT2D eigenvalue weighted by Crippen LogP contribution is -2.25. The molecular formula is C12H20N4O2S. The van der Waals surface area contributed by atoms with Crippen LogP contribution in [0.4, 0.5) is 11.8 Å². The summed E-state index contributed by atoms with van der Waals surface area (Å²) in [4.78, 5) is 8.40. The molecule has 0 spiro atoms. The number of hydrogen-bond acceptors (Lipinski definition) is 6. The average Bonchev–Trinajstić information content (AvgIpc) is 2.73. The SMILES string of the molecule is CCCNc1nccc(NCC2CCCS2(=O)=O)n1. The summed E-state index contributed by atoms with van der Waals surface area (Å²) in [6.07, 6.45) is 4.17. The summed E-state index contributed by atoms with van der Waals surface area (Å²) in [7, 11) is -2.90. The van der Waals surface area contributed by atoms with E-state index in [9.17, 15) is 8.42 Å². The first-order valence-corrected chi connectivity index (χ1v) is 8.35. The van der Waals surface area contributed by atoms with E-state index >= 15 is 0 Å². The van der Waals surface area contributed by atoms with Crippen molar-refractivity contribution < 1.29 is 8.42 Å². The Kier molecular flexibility index (Phi) is 4.57. The van der Waals surface area contributed by atoms with E-state index in [-0.39, 0.29) is 5.25 Å². The van der Waals surface area contributed by atoms with Crippen LogP contribution in [0.1, 0.15) is 26.2 Å². The molecule has 0 amide bonds. The van der Waals surface area contributed by atoms with Gasteiger partial charge >= 0.3 is 0 Å². The maximum absolute atomic E-state index is 11.7. The van der Waals surface area contributed by atoms with Gasteiger partial charge in [-0.2, -0.15) is 4.98 Å². The van der Waals surface area contributed by atoms with Crippen molar-refractivity contribution in [2.75, 3.05) is 29.5 Å². The molecule has 6 nitrogen and oxygen atoms in total. The smallest absolute Gasteiger partial charge is 0.224 e. The normalized spacial score (nSPS) is 21.2. The van der Waals surface area contributed by atoms with Gasteiger partial charge in [-0.1, -0.05) is 6.92 Å². The van der Waals surface area contributed by atoms with E-state index in [2.05, 4.69) is 27.5 Å². The maximum atomic E-state index is 11.7. The van der Waals surface area contributed by atoms with Gasteiger partial charge in [0.15, 0.2) is 9.84 Å². The molecule has 1 aromatic heterocycles. The quantitative estimate of drug-likeness (QED) is 0.819. The molecule has 2 heterocycles. The lowest BCUT2D eigenvalue weighted by molar-refractivity contribution is 0.591. The highest BCUT2D eigenvalue weighted by atomic mass is 32.2.